The standard InChI is InChI=1S/C28H35N5O5S/c1-6-28(5,29)22-14-31-26(38-17-10-18(11-17)39(35,36)7-2)21-13-30-24(12-20(21)22)32-23-9-8-19-25(33-23)15(3)16(4)37-27(19)34/h8-9,12-18H,6-7,10-11,29H2,1-5H3,(H,30,32,33)/t15-,16-,17-,18+,28+/m0/s1. The molecule has 2 aliphatic rings. The van der Waals surface area contributed by atoms with Gasteiger partial charge in [-0.1, -0.05) is 20.8 Å². The molecule has 0 bridgehead atoms. The lowest BCUT2D eigenvalue weighted by Gasteiger charge is -2.34. The van der Waals surface area contributed by atoms with Gasteiger partial charge in [0.15, 0.2) is 9.84 Å². The second-order valence-electron chi connectivity index (χ2n) is 10.8. The number of cyclic esters (lactones) is 1. The molecule has 1 fully saturated rings. The Morgan fingerprint density at radius 1 is 1.13 bits per heavy atom. The first-order chi connectivity index (χ1) is 18.4. The fraction of sp³-hybridized carbons (Fsp3) is 0.500. The smallest absolute Gasteiger partial charge is 0.340 e. The first-order valence-electron chi connectivity index (χ1n) is 13.4. The van der Waals surface area contributed by atoms with E-state index in [1.165, 1.54) is 0 Å². The van der Waals surface area contributed by atoms with E-state index >= 15 is 0 Å². The van der Waals surface area contributed by atoms with Crippen LogP contribution in [0.15, 0.2) is 30.6 Å². The first-order valence-corrected chi connectivity index (χ1v) is 15.1. The summed E-state index contributed by atoms with van der Waals surface area (Å²) < 4.78 is 35.9. The number of esters is 1. The van der Waals surface area contributed by atoms with Crippen molar-refractivity contribution in [1.82, 2.24) is 15.0 Å². The summed E-state index contributed by atoms with van der Waals surface area (Å²) in [5.41, 5.74) is 8.02. The number of hydrogen-bond acceptors (Lipinski definition) is 10. The number of rotatable bonds is 8. The maximum Gasteiger partial charge on any atom is 0.340 e. The molecule has 3 aromatic heterocycles. The monoisotopic (exact) mass is 553 g/mol. The van der Waals surface area contributed by atoms with E-state index in [0.29, 0.717) is 53.4 Å². The summed E-state index contributed by atoms with van der Waals surface area (Å²) in [6, 6.07) is 5.34. The molecule has 0 aromatic carbocycles. The molecule has 3 aromatic rings. The third-order valence-electron chi connectivity index (χ3n) is 8.15. The quantitative estimate of drug-likeness (QED) is 0.386. The number of pyridine rings is 3. The minimum absolute atomic E-state index is 0.0395. The molecule has 1 aliphatic heterocycles. The molecule has 0 unspecified atom stereocenters. The van der Waals surface area contributed by atoms with Crippen molar-refractivity contribution in [1.29, 1.82) is 0 Å². The molecular formula is C28H35N5O5S. The van der Waals surface area contributed by atoms with Gasteiger partial charge in [0.1, 0.15) is 23.8 Å². The van der Waals surface area contributed by atoms with Gasteiger partial charge in [0.25, 0.3) is 0 Å². The highest BCUT2D eigenvalue weighted by Gasteiger charge is 2.39. The van der Waals surface area contributed by atoms with Gasteiger partial charge in [0.2, 0.25) is 5.88 Å². The van der Waals surface area contributed by atoms with E-state index in [0.717, 1.165) is 10.9 Å². The number of carbonyl (C=O) groups is 1. The third-order valence-corrected chi connectivity index (χ3v) is 10.4. The minimum atomic E-state index is -3.08. The summed E-state index contributed by atoms with van der Waals surface area (Å²) in [6.07, 6.45) is 4.53. The number of nitrogens with two attached hydrogens (primary N) is 1. The van der Waals surface area contributed by atoms with Crippen molar-refractivity contribution in [2.75, 3.05) is 11.1 Å². The van der Waals surface area contributed by atoms with Crippen molar-refractivity contribution in [2.24, 2.45) is 5.73 Å². The SMILES string of the molecule is CC[C@@](C)(N)c1cnc(O[C@H]2C[C@@H](S(=O)(=O)CC)C2)c2cnc(Nc3ccc4c(n3)[C@@H](C)[C@H](C)OC4=O)cc12. The Balaban J connectivity index is 1.47. The van der Waals surface area contributed by atoms with Crippen molar-refractivity contribution in [3.63, 3.8) is 0 Å². The summed E-state index contributed by atoms with van der Waals surface area (Å²) >= 11 is 0. The zero-order valence-electron chi connectivity index (χ0n) is 22.9. The van der Waals surface area contributed by atoms with Crippen LogP contribution in [0.1, 0.15) is 81.4 Å². The molecular weight excluding hydrogens is 518 g/mol. The van der Waals surface area contributed by atoms with Crippen molar-refractivity contribution in [3.8, 4) is 5.88 Å². The van der Waals surface area contributed by atoms with Crippen LogP contribution in [-0.2, 0) is 20.1 Å². The Morgan fingerprint density at radius 3 is 2.56 bits per heavy atom. The molecule has 3 atom stereocenters. The molecule has 0 spiro atoms. The molecule has 0 amide bonds. The second-order valence-corrected chi connectivity index (χ2v) is 13.4. The number of anilines is 2. The van der Waals surface area contributed by atoms with Gasteiger partial charge in [-0.2, -0.15) is 0 Å². The highest BCUT2D eigenvalue weighted by atomic mass is 32.2. The van der Waals surface area contributed by atoms with Crippen LogP contribution in [0.4, 0.5) is 11.6 Å². The second kappa shape index (κ2) is 10.0. The Kier molecular flexibility index (Phi) is 7.00. The largest absolute Gasteiger partial charge is 0.474 e. The van der Waals surface area contributed by atoms with E-state index in [2.05, 4.69) is 15.3 Å². The van der Waals surface area contributed by atoms with E-state index in [1.54, 1.807) is 31.5 Å². The van der Waals surface area contributed by atoms with Crippen molar-refractivity contribution < 1.29 is 22.7 Å². The van der Waals surface area contributed by atoms with E-state index in [1.807, 2.05) is 33.8 Å². The molecule has 11 heteroatoms. The summed E-state index contributed by atoms with van der Waals surface area (Å²) in [5.74, 6) is 1.25. The summed E-state index contributed by atoms with van der Waals surface area (Å²) in [4.78, 5) is 26.1. The van der Waals surface area contributed by atoms with E-state index in [4.69, 9.17) is 20.2 Å². The molecule has 208 valence electrons. The van der Waals surface area contributed by atoms with Gasteiger partial charge in [-0.15, -0.1) is 0 Å². The molecule has 4 heterocycles. The van der Waals surface area contributed by atoms with Crippen LogP contribution in [0, 0.1) is 0 Å². The number of aromatic nitrogens is 3. The summed E-state index contributed by atoms with van der Waals surface area (Å²) in [7, 11) is -3.08. The lowest BCUT2D eigenvalue weighted by atomic mass is 9.88. The number of nitrogens with one attached hydrogen (secondary N) is 1. The highest BCUT2D eigenvalue weighted by molar-refractivity contribution is 7.92. The zero-order chi connectivity index (χ0) is 28.1. The number of nitrogens with zero attached hydrogens (tertiary/aromatic N) is 3. The lowest BCUT2D eigenvalue weighted by molar-refractivity contribution is 0.0235. The van der Waals surface area contributed by atoms with Crippen LogP contribution >= 0.6 is 0 Å². The molecule has 5 rings (SSSR count). The highest BCUT2D eigenvalue weighted by Crippen LogP contribution is 2.38. The van der Waals surface area contributed by atoms with Gasteiger partial charge in [-0.25, -0.2) is 28.2 Å². The van der Waals surface area contributed by atoms with Crippen molar-refractivity contribution in [2.45, 2.75) is 82.8 Å². The van der Waals surface area contributed by atoms with Gasteiger partial charge in [0, 0.05) is 42.4 Å². The van der Waals surface area contributed by atoms with Crippen LogP contribution < -0.4 is 15.8 Å². The Labute approximate surface area is 228 Å². The average molecular weight is 554 g/mol. The number of hydrogen-bond donors (Lipinski definition) is 2. The van der Waals surface area contributed by atoms with Gasteiger partial charge in [-0.3, -0.25) is 0 Å². The maximum atomic E-state index is 12.3. The molecule has 0 saturated heterocycles. The van der Waals surface area contributed by atoms with E-state index in [9.17, 15) is 13.2 Å². The molecule has 1 aliphatic carbocycles. The zero-order valence-corrected chi connectivity index (χ0v) is 23.7. The average Bonchev–Trinajstić information content (AvgIpc) is 2.88. The normalized spacial score (nSPS) is 24.3. The summed E-state index contributed by atoms with van der Waals surface area (Å²) in [6.45, 7) is 9.48. The van der Waals surface area contributed by atoms with Gasteiger partial charge >= 0.3 is 5.97 Å². The maximum absolute atomic E-state index is 12.3. The molecule has 10 nitrogen and oxygen atoms in total. The van der Waals surface area contributed by atoms with Crippen LogP contribution in [0.25, 0.3) is 10.8 Å². The summed E-state index contributed by atoms with van der Waals surface area (Å²) in [5, 5.41) is 4.44. The first kappa shape index (κ1) is 27.3. The molecule has 1 saturated carbocycles. The predicted octanol–water partition coefficient (Wildman–Crippen LogP) is 4.36. The van der Waals surface area contributed by atoms with Crippen LogP contribution in [-0.4, -0.2) is 52.5 Å². The molecule has 39 heavy (non-hydrogen) atoms. The van der Waals surface area contributed by atoms with E-state index in [-0.39, 0.29) is 35.1 Å². The van der Waals surface area contributed by atoms with Crippen LogP contribution in [0.3, 0.4) is 0 Å². The van der Waals surface area contributed by atoms with Gasteiger partial charge in [-0.05, 0) is 49.4 Å². The molecule has 0 radical (unpaired) electrons. The Morgan fingerprint density at radius 2 is 1.87 bits per heavy atom. The number of fused-ring (bicyclic) bond motifs is 2. The number of sulfone groups is 1. The Bertz CT molecular complexity index is 1530. The van der Waals surface area contributed by atoms with Crippen molar-refractivity contribution >= 4 is 38.2 Å². The minimum Gasteiger partial charge on any atom is -0.474 e. The number of carbonyl (C=O) groups excluding carboxylic acids is 1. The Hall–Kier alpha value is -3.31. The van der Waals surface area contributed by atoms with Crippen molar-refractivity contribution in [3.05, 3.63) is 47.4 Å². The lowest BCUT2D eigenvalue weighted by Crippen LogP contribution is -2.43. The number of ether oxygens (including phenoxy) is 2. The fourth-order valence-corrected chi connectivity index (χ4v) is 6.46. The predicted molar refractivity (Wildman–Crippen MR) is 149 cm³/mol. The van der Waals surface area contributed by atoms with Gasteiger partial charge < -0.3 is 20.5 Å². The molecule has 3 N–H and O–H groups in total. The van der Waals surface area contributed by atoms with E-state index < -0.39 is 15.4 Å². The topological polar surface area (TPSA) is 146 Å². The fourth-order valence-electron chi connectivity index (χ4n) is 4.97. The van der Waals surface area contributed by atoms with Crippen LogP contribution in [0.2, 0.25) is 0 Å². The van der Waals surface area contributed by atoms with Crippen LogP contribution in [0.5, 0.6) is 5.88 Å². The van der Waals surface area contributed by atoms with Gasteiger partial charge in [0.05, 0.1) is 21.9 Å². The third kappa shape index (κ3) is 5.05.